The van der Waals surface area contributed by atoms with Gasteiger partial charge in [-0.1, -0.05) is 25.0 Å². The van der Waals surface area contributed by atoms with Crippen LogP contribution in [0.4, 0.5) is 5.69 Å². The van der Waals surface area contributed by atoms with E-state index in [2.05, 4.69) is 46.9 Å². The summed E-state index contributed by atoms with van der Waals surface area (Å²) in [7, 11) is 0. The first-order valence-electron chi connectivity index (χ1n) is 8.28. The van der Waals surface area contributed by atoms with Gasteiger partial charge < -0.3 is 10.6 Å². The number of aryl methyl sites for hydroxylation is 2. The molecule has 0 radical (unpaired) electrons. The van der Waals surface area contributed by atoms with E-state index in [1.807, 2.05) is 17.7 Å². The van der Waals surface area contributed by atoms with E-state index in [1.54, 1.807) is 0 Å². The predicted molar refractivity (Wildman–Crippen MR) is 98.9 cm³/mol. The van der Waals surface area contributed by atoms with E-state index in [-0.39, 0.29) is 0 Å². The van der Waals surface area contributed by atoms with Gasteiger partial charge in [0.1, 0.15) is 0 Å². The van der Waals surface area contributed by atoms with Gasteiger partial charge in [0.05, 0.1) is 12.2 Å². The fraction of sp³-hybridized carbons (Fsp3) is 0.444. The molecule has 0 atom stereocenters. The summed E-state index contributed by atoms with van der Waals surface area (Å²) in [5.74, 6) is 0. The van der Waals surface area contributed by atoms with Gasteiger partial charge >= 0.3 is 0 Å². The maximum Gasteiger partial charge on any atom is 0.170 e. The minimum Gasteiger partial charge on any atom is -0.360 e. The Morgan fingerprint density at radius 3 is 2.74 bits per heavy atom. The third-order valence-electron chi connectivity index (χ3n) is 4.31. The normalized spacial score (nSPS) is 14.9. The average molecular weight is 328 g/mol. The quantitative estimate of drug-likeness (QED) is 0.838. The number of nitrogens with zero attached hydrogens (tertiary/aromatic N) is 2. The predicted octanol–water partition coefficient (Wildman–Crippen LogP) is 3.78. The smallest absolute Gasteiger partial charge is 0.170 e. The molecule has 1 aliphatic rings. The van der Waals surface area contributed by atoms with Crippen LogP contribution in [0.5, 0.6) is 0 Å². The van der Waals surface area contributed by atoms with Gasteiger partial charge in [0, 0.05) is 17.4 Å². The summed E-state index contributed by atoms with van der Waals surface area (Å²) in [6, 6.07) is 11.0. The van der Waals surface area contributed by atoms with Gasteiger partial charge in [-0.3, -0.25) is 4.68 Å². The Labute approximate surface area is 143 Å². The Hall–Kier alpha value is -1.88. The molecule has 122 valence electrons. The molecule has 2 N–H and O–H groups in total. The Bertz CT molecular complexity index is 686. The Morgan fingerprint density at radius 2 is 2.04 bits per heavy atom. The molecule has 0 saturated heterocycles. The van der Waals surface area contributed by atoms with Crippen LogP contribution >= 0.6 is 12.2 Å². The van der Waals surface area contributed by atoms with Crippen LogP contribution in [0, 0.1) is 13.8 Å². The maximum atomic E-state index is 5.43. The molecule has 1 aliphatic carbocycles. The van der Waals surface area contributed by atoms with Gasteiger partial charge in [-0.05, 0) is 62.7 Å². The highest BCUT2D eigenvalue weighted by Gasteiger charge is 2.15. The maximum absolute atomic E-state index is 5.43. The van der Waals surface area contributed by atoms with Crippen LogP contribution in [0.15, 0.2) is 30.3 Å². The SMILES string of the molecule is Cc1cc(C)n(Cc2cccc(NC(=S)NC3CCCC3)c2)n1. The van der Waals surface area contributed by atoms with Crippen LogP contribution in [0.3, 0.4) is 0 Å². The van der Waals surface area contributed by atoms with Crippen molar-refractivity contribution < 1.29 is 0 Å². The van der Waals surface area contributed by atoms with Crippen LogP contribution < -0.4 is 10.6 Å². The van der Waals surface area contributed by atoms with E-state index >= 15 is 0 Å². The number of thiocarbonyl (C=S) groups is 1. The second-order valence-corrected chi connectivity index (χ2v) is 6.77. The highest BCUT2D eigenvalue weighted by atomic mass is 32.1. The fourth-order valence-corrected chi connectivity index (χ4v) is 3.46. The van der Waals surface area contributed by atoms with Crippen LogP contribution in [0.1, 0.15) is 42.6 Å². The summed E-state index contributed by atoms with van der Waals surface area (Å²) in [6.07, 6.45) is 5.05. The topological polar surface area (TPSA) is 41.9 Å². The molecule has 0 bridgehead atoms. The van der Waals surface area contributed by atoms with Crippen molar-refractivity contribution in [2.45, 2.75) is 52.1 Å². The van der Waals surface area contributed by atoms with Gasteiger partial charge in [-0.25, -0.2) is 0 Å². The third kappa shape index (κ3) is 4.32. The Kier molecular flexibility index (Phi) is 4.96. The number of rotatable bonds is 4. The lowest BCUT2D eigenvalue weighted by molar-refractivity contribution is 0.634. The van der Waals surface area contributed by atoms with Crippen LogP contribution in [0.25, 0.3) is 0 Å². The van der Waals surface area contributed by atoms with Crippen molar-refractivity contribution >= 4 is 23.0 Å². The van der Waals surface area contributed by atoms with E-state index in [4.69, 9.17) is 12.2 Å². The summed E-state index contributed by atoms with van der Waals surface area (Å²) in [4.78, 5) is 0. The molecule has 1 aromatic heterocycles. The minimum absolute atomic E-state index is 0.535. The van der Waals surface area contributed by atoms with Crippen LogP contribution in [-0.4, -0.2) is 20.9 Å². The van der Waals surface area contributed by atoms with E-state index in [0.29, 0.717) is 6.04 Å². The first kappa shape index (κ1) is 16.0. The molecule has 5 heteroatoms. The monoisotopic (exact) mass is 328 g/mol. The van der Waals surface area contributed by atoms with Gasteiger partial charge in [0.15, 0.2) is 5.11 Å². The number of hydrogen-bond acceptors (Lipinski definition) is 2. The van der Waals surface area contributed by atoms with Crippen molar-refractivity contribution in [3.05, 3.63) is 47.3 Å². The minimum atomic E-state index is 0.535. The molecule has 1 aromatic carbocycles. The lowest BCUT2D eigenvalue weighted by Crippen LogP contribution is -2.35. The van der Waals surface area contributed by atoms with Crippen molar-refractivity contribution in [2.24, 2.45) is 0 Å². The highest BCUT2D eigenvalue weighted by Crippen LogP contribution is 2.18. The third-order valence-corrected chi connectivity index (χ3v) is 4.53. The lowest BCUT2D eigenvalue weighted by atomic mass is 10.2. The second-order valence-electron chi connectivity index (χ2n) is 6.36. The van der Waals surface area contributed by atoms with Crippen molar-refractivity contribution in [2.75, 3.05) is 5.32 Å². The summed E-state index contributed by atoms with van der Waals surface area (Å²) in [5.41, 5.74) is 4.47. The fourth-order valence-electron chi connectivity index (χ4n) is 3.18. The Balaban J connectivity index is 1.62. The molecule has 1 heterocycles. The molecule has 0 amide bonds. The van der Waals surface area contributed by atoms with E-state index < -0.39 is 0 Å². The zero-order chi connectivity index (χ0) is 16.2. The number of hydrogen-bond donors (Lipinski definition) is 2. The molecular weight excluding hydrogens is 304 g/mol. The lowest BCUT2D eigenvalue weighted by Gasteiger charge is -2.16. The standard InChI is InChI=1S/C18H24N4S/c1-13-10-14(2)22(21-13)12-15-6-5-9-17(11-15)20-18(23)19-16-7-3-4-8-16/h5-6,9-11,16H,3-4,7-8,12H2,1-2H3,(H2,19,20,23). The summed E-state index contributed by atoms with van der Waals surface area (Å²) in [6.45, 7) is 4.88. The highest BCUT2D eigenvalue weighted by molar-refractivity contribution is 7.80. The molecule has 2 aromatic rings. The van der Waals surface area contributed by atoms with Crippen molar-refractivity contribution in [3.8, 4) is 0 Å². The molecule has 0 unspecified atom stereocenters. The number of anilines is 1. The number of aromatic nitrogens is 2. The van der Waals surface area contributed by atoms with E-state index in [1.165, 1.54) is 36.9 Å². The van der Waals surface area contributed by atoms with Crippen LogP contribution in [-0.2, 0) is 6.54 Å². The average Bonchev–Trinajstić information content (AvgIpc) is 3.09. The zero-order valence-electron chi connectivity index (χ0n) is 13.8. The molecule has 4 nitrogen and oxygen atoms in total. The van der Waals surface area contributed by atoms with Crippen molar-refractivity contribution in [1.82, 2.24) is 15.1 Å². The first-order chi connectivity index (χ1) is 11.1. The van der Waals surface area contributed by atoms with Crippen LogP contribution in [0.2, 0.25) is 0 Å². The molecule has 0 aliphatic heterocycles. The summed E-state index contributed by atoms with van der Waals surface area (Å²) in [5, 5.41) is 12.0. The van der Waals surface area contributed by atoms with Crippen molar-refractivity contribution in [1.29, 1.82) is 0 Å². The van der Waals surface area contributed by atoms with Gasteiger partial charge in [-0.2, -0.15) is 5.10 Å². The number of nitrogens with one attached hydrogen (secondary N) is 2. The molecular formula is C18H24N4S. The van der Waals surface area contributed by atoms with E-state index in [9.17, 15) is 0 Å². The summed E-state index contributed by atoms with van der Waals surface area (Å²) >= 11 is 5.43. The largest absolute Gasteiger partial charge is 0.360 e. The Morgan fingerprint density at radius 1 is 1.26 bits per heavy atom. The zero-order valence-corrected chi connectivity index (χ0v) is 14.6. The molecule has 0 spiro atoms. The van der Waals surface area contributed by atoms with E-state index in [0.717, 1.165) is 23.0 Å². The molecule has 23 heavy (non-hydrogen) atoms. The van der Waals surface area contributed by atoms with Gasteiger partial charge in [0.2, 0.25) is 0 Å². The molecule has 3 rings (SSSR count). The summed E-state index contributed by atoms with van der Waals surface area (Å²) < 4.78 is 2.03. The first-order valence-corrected chi connectivity index (χ1v) is 8.68. The van der Waals surface area contributed by atoms with Gasteiger partial charge in [-0.15, -0.1) is 0 Å². The van der Waals surface area contributed by atoms with Crippen molar-refractivity contribution in [3.63, 3.8) is 0 Å². The number of benzene rings is 1. The molecule has 1 fully saturated rings. The second kappa shape index (κ2) is 7.13. The molecule has 1 saturated carbocycles. The van der Waals surface area contributed by atoms with Gasteiger partial charge in [0.25, 0.3) is 0 Å².